The number of aliphatic hydroxyl groups is 1. The fourth-order valence-electron chi connectivity index (χ4n) is 2.62. The van der Waals surface area contributed by atoms with Crippen molar-refractivity contribution < 1.29 is 23.0 Å². The van der Waals surface area contributed by atoms with Crippen LogP contribution in [0.4, 0.5) is 13.2 Å². The van der Waals surface area contributed by atoms with Crippen LogP contribution in [0, 0.1) is 0 Å². The van der Waals surface area contributed by atoms with Crippen LogP contribution >= 0.6 is 22.9 Å². The molecule has 1 aliphatic heterocycles. The fraction of sp³-hybridized carbons (Fsp3) is 0.692. The second-order valence-electron chi connectivity index (χ2n) is 5.08. The zero-order valence-corrected chi connectivity index (χ0v) is 13.0. The van der Waals surface area contributed by atoms with Gasteiger partial charge in [-0.1, -0.05) is 24.9 Å². The van der Waals surface area contributed by atoms with E-state index >= 15 is 0 Å². The number of thiophene rings is 1. The van der Waals surface area contributed by atoms with Gasteiger partial charge in [-0.05, 0) is 13.0 Å². The first-order valence-corrected chi connectivity index (χ1v) is 8.01. The smallest absolute Gasteiger partial charge is 0.425 e. The van der Waals surface area contributed by atoms with E-state index in [9.17, 15) is 18.3 Å². The second kappa shape index (κ2) is 6.32. The molecule has 2 heterocycles. The number of hydrogen-bond acceptors (Lipinski definition) is 4. The molecule has 8 heteroatoms. The van der Waals surface area contributed by atoms with E-state index in [0.717, 1.165) is 18.9 Å². The summed E-state index contributed by atoms with van der Waals surface area (Å²) >= 11 is 6.46. The standard InChI is InChI=1S/C13H17ClF3NO2S/c1-2-3-9-12(11(14)19,4-5-18-9)20-8-6-10(21-7-8)13(15,16)17/h6-7,9,11,18-19H,2-5H2,1H3. The Morgan fingerprint density at radius 1 is 1.62 bits per heavy atom. The molecule has 3 atom stereocenters. The largest absolute Gasteiger partial charge is 0.481 e. The van der Waals surface area contributed by atoms with Crippen LogP contribution in [-0.2, 0) is 6.18 Å². The molecule has 1 aromatic heterocycles. The normalized spacial score (nSPS) is 27.8. The second-order valence-corrected chi connectivity index (χ2v) is 6.41. The van der Waals surface area contributed by atoms with Gasteiger partial charge in [0.25, 0.3) is 0 Å². The van der Waals surface area contributed by atoms with Crippen LogP contribution in [0.2, 0.25) is 0 Å². The lowest BCUT2D eigenvalue weighted by molar-refractivity contribution is -0.134. The van der Waals surface area contributed by atoms with E-state index in [0.29, 0.717) is 24.3 Å². The lowest BCUT2D eigenvalue weighted by atomic mass is 9.92. The summed E-state index contributed by atoms with van der Waals surface area (Å²) in [4.78, 5) is -0.727. The minimum absolute atomic E-state index is 0.0943. The van der Waals surface area contributed by atoms with Crippen molar-refractivity contribution in [2.45, 2.75) is 49.6 Å². The Kier molecular flexibility index (Phi) is 5.07. The molecule has 1 aromatic rings. The zero-order chi connectivity index (χ0) is 15.7. The van der Waals surface area contributed by atoms with Crippen LogP contribution in [0.3, 0.4) is 0 Å². The number of hydrogen-bond donors (Lipinski definition) is 2. The molecule has 1 aliphatic rings. The molecular weight excluding hydrogens is 327 g/mol. The van der Waals surface area contributed by atoms with Crippen LogP contribution in [0.15, 0.2) is 11.4 Å². The van der Waals surface area contributed by atoms with Gasteiger partial charge in [-0.15, -0.1) is 11.3 Å². The molecule has 2 N–H and O–H groups in total. The third kappa shape index (κ3) is 3.47. The topological polar surface area (TPSA) is 41.5 Å². The zero-order valence-electron chi connectivity index (χ0n) is 11.4. The van der Waals surface area contributed by atoms with E-state index in [-0.39, 0.29) is 11.8 Å². The summed E-state index contributed by atoms with van der Waals surface area (Å²) in [5.74, 6) is 0.0943. The molecule has 0 aromatic carbocycles. The van der Waals surface area contributed by atoms with Crippen molar-refractivity contribution in [3.05, 3.63) is 16.3 Å². The lowest BCUT2D eigenvalue weighted by Gasteiger charge is -2.36. The van der Waals surface area contributed by atoms with E-state index in [2.05, 4.69) is 5.32 Å². The summed E-state index contributed by atoms with van der Waals surface area (Å²) in [7, 11) is 0. The van der Waals surface area contributed by atoms with Gasteiger partial charge in [0, 0.05) is 17.9 Å². The molecule has 0 spiro atoms. The fourth-order valence-corrected chi connectivity index (χ4v) is 3.60. The maximum absolute atomic E-state index is 12.6. The van der Waals surface area contributed by atoms with E-state index in [1.54, 1.807) is 0 Å². The van der Waals surface area contributed by atoms with Gasteiger partial charge in [0.05, 0.1) is 6.04 Å². The lowest BCUT2D eigenvalue weighted by Crippen LogP contribution is -2.54. The van der Waals surface area contributed by atoms with Gasteiger partial charge in [-0.2, -0.15) is 13.2 Å². The van der Waals surface area contributed by atoms with E-state index < -0.39 is 22.2 Å². The summed E-state index contributed by atoms with van der Waals surface area (Å²) in [5.41, 5.74) is -2.39. The Labute approximate surface area is 130 Å². The third-order valence-corrected chi connectivity index (χ3v) is 4.96. The van der Waals surface area contributed by atoms with Crippen LogP contribution in [0.25, 0.3) is 0 Å². The van der Waals surface area contributed by atoms with Crippen molar-refractivity contribution in [3.8, 4) is 5.75 Å². The molecule has 3 nitrogen and oxygen atoms in total. The highest BCUT2D eigenvalue weighted by molar-refractivity contribution is 7.10. The number of alkyl halides is 4. The summed E-state index contributed by atoms with van der Waals surface area (Å²) in [6, 6.07) is 0.761. The third-order valence-electron chi connectivity index (χ3n) is 3.64. The van der Waals surface area contributed by atoms with Crippen molar-refractivity contribution in [2.75, 3.05) is 6.54 Å². The SMILES string of the molecule is CCCC1NCCC1(Oc1csc(C(F)(F)F)c1)C(O)Cl. The molecule has 1 saturated heterocycles. The minimum Gasteiger partial charge on any atom is -0.481 e. The van der Waals surface area contributed by atoms with Gasteiger partial charge in [-0.25, -0.2) is 0 Å². The van der Waals surface area contributed by atoms with Crippen molar-refractivity contribution in [1.82, 2.24) is 5.32 Å². The van der Waals surface area contributed by atoms with Crippen LogP contribution in [0.5, 0.6) is 5.75 Å². The molecule has 0 bridgehead atoms. The Hall–Kier alpha value is -0.500. The summed E-state index contributed by atoms with van der Waals surface area (Å²) in [5, 5.41) is 14.4. The molecule has 3 unspecified atom stereocenters. The number of aliphatic hydroxyl groups excluding tert-OH is 1. The predicted octanol–water partition coefficient (Wildman–Crippen LogP) is 3.60. The molecule has 0 radical (unpaired) electrons. The quantitative estimate of drug-likeness (QED) is 0.803. The van der Waals surface area contributed by atoms with E-state index in [1.807, 2.05) is 6.92 Å². The highest BCUT2D eigenvalue weighted by Crippen LogP contribution is 2.40. The highest BCUT2D eigenvalue weighted by atomic mass is 35.5. The number of ether oxygens (including phenoxy) is 1. The van der Waals surface area contributed by atoms with Crippen molar-refractivity contribution in [1.29, 1.82) is 0 Å². The Morgan fingerprint density at radius 3 is 2.86 bits per heavy atom. The van der Waals surface area contributed by atoms with Crippen LogP contribution in [0.1, 0.15) is 31.1 Å². The molecule has 0 aliphatic carbocycles. The molecule has 0 amide bonds. The minimum atomic E-state index is -4.39. The Bertz CT molecular complexity index is 480. The molecule has 2 rings (SSSR count). The maximum Gasteiger partial charge on any atom is 0.425 e. The average molecular weight is 344 g/mol. The van der Waals surface area contributed by atoms with Crippen molar-refractivity contribution in [2.24, 2.45) is 0 Å². The predicted molar refractivity (Wildman–Crippen MR) is 75.9 cm³/mol. The Balaban J connectivity index is 2.22. The first-order valence-electron chi connectivity index (χ1n) is 6.70. The number of rotatable bonds is 5. The highest BCUT2D eigenvalue weighted by Gasteiger charge is 2.50. The summed E-state index contributed by atoms with van der Waals surface area (Å²) in [6.45, 7) is 2.59. The number of halogens is 4. The van der Waals surface area contributed by atoms with Gasteiger partial charge in [0.1, 0.15) is 10.6 Å². The van der Waals surface area contributed by atoms with Gasteiger partial charge < -0.3 is 15.2 Å². The van der Waals surface area contributed by atoms with E-state index in [1.165, 1.54) is 5.38 Å². The first kappa shape index (κ1) is 16.9. The summed E-state index contributed by atoms with van der Waals surface area (Å²) < 4.78 is 43.6. The van der Waals surface area contributed by atoms with Crippen molar-refractivity contribution in [3.63, 3.8) is 0 Å². The molecule has 1 fully saturated rings. The Morgan fingerprint density at radius 2 is 2.33 bits per heavy atom. The van der Waals surface area contributed by atoms with Crippen molar-refractivity contribution >= 4 is 22.9 Å². The molecule has 0 saturated carbocycles. The van der Waals surface area contributed by atoms with Gasteiger partial charge in [0.15, 0.2) is 11.2 Å². The molecule has 21 heavy (non-hydrogen) atoms. The van der Waals surface area contributed by atoms with Crippen LogP contribution in [-0.4, -0.2) is 28.9 Å². The molecular formula is C13H17ClF3NO2S. The van der Waals surface area contributed by atoms with Gasteiger partial charge >= 0.3 is 6.18 Å². The maximum atomic E-state index is 12.6. The monoisotopic (exact) mass is 343 g/mol. The van der Waals surface area contributed by atoms with E-state index in [4.69, 9.17) is 16.3 Å². The van der Waals surface area contributed by atoms with Gasteiger partial charge in [0.2, 0.25) is 0 Å². The average Bonchev–Trinajstić information content (AvgIpc) is 2.98. The molecule has 120 valence electrons. The van der Waals surface area contributed by atoms with Gasteiger partial charge in [-0.3, -0.25) is 0 Å². The van der Waals surface area contributed by atoms with Crippen LogP contribution < -0.4 is 10.1 Å². The summed E-state index contributed by atoms with van der Waals surface area (Å²) in [6.07, 6.45) is -2.38. The number of nitrogens with one attached hydrogen (secondary N) is 1. The first-order chi connectivity index (χ1) is 9.79.